The minimum atomic E-state index is -4.53. The van der Waals surface area contributed by atoms with Gasteiger partial charge in [-0.1, -0.05) is 38.2 Å². The first-order chi connectivity index (χ1) is 18.3. The van der Waals surface area contributed by atoms with Gasteiger partial charge < -0.3 is 25.4 Å². The highest BCUT2D eigenvalue weighted by Gasteiger charge is 2.67. The molecule has 0 spiro atoms. The third-order valence-electron chi connectivity index (χ3n) is 7.50. The fourth-order valence-corrected chi connectivity index (χ4v) is 5.57. The van der Waals surface area contributed by atoms with Gasteiger partial charge in [0.2, 0.25) is 0 Å². The maximum atomic E-state index is 13.6. The monoisotopic (exact) mass is 548 g/mol. The lowest BCUT2D eigenvalue weighted by Crippen LogP contribution is -2.53. The Kier molecular flexibility index (Phi) is 8.11. The number of halogens is 3. The van der Waals surface area contributed by atoms with Crippen molar-refractivity contribution in [3.63, 3.8) is 0 Å². The number of amides is 2. The molecular weight excluding hydrogens is 513 g/mol. The van der Waals surface area contributed by atoms with Crippen LogP contribution in [0.25, 0.3) is 0 Å². The van der Waals surface area contributed by atoms with E-state index in [0.717, 1.165) is 44.2 Å². The number of nitrogens with one attached hydrogen (secondary N) is 3. The Morgan fingerprint density at radius 1 is 1.26 bits per heavy atom. The number of benzene rings is 1. The van der Waals surface area contributed by atoms with Gasteiger partial charge in [0.25, 0.3) is 11.8 Å². The van der Waals surface area contributed by atoms with E-state index in [4.69, 9.17) is 10.1 Å². The molecular formula is C28H35F3N4O4. The van der Waals surface area contributed by atoms with Crippen molar-refractivity contribution in [3.05, 3.63) is 53.9 Å². The predicted molar refractivity (Wildman–Crippen MR) is 139 cm³/mol. The lowest BCUT2D eigenvalue weighted by atomic mass is 9.84. The van der Waals surface area contributed by atoms with E-state index in [9.17, 15) is 27.9 Å². The van der Waals surface area contributed by atoms with Crippen LogP contribution in [0, 0.1) is 17.2 Å². The van der Waals surface area contributed by atoms with E-state index in [1.165, 1.54) is 35.4 Å². The van der Waals surface area contributed by atoms with Crippen LogP contribution >= 0.6 is 0 Å². The van der Waals surface area contributed by atoms with E-state index in [0.29, 0.717) is 6.42 Å². The number of hydrogen-bond donors (Lipinski definition) is 4. The van der Waals surface area contributed by atoms with Gasteiger partial charge in [-0.2, -0.15) is 13.2 Å². The van der Waals surface area contributed by atoms with Crippen LogP contribution in [0.3, 0.4) is 0 Å². The first-order valence-corrected chi connectivity index (χ1v) is 13.2. The fraction of sp³-hybridized carbons (Fsp3) is 0.536. The number of amidine groups is 1. The lowest BCUT2D eigenvalue weighted by Gasteiger charge is -2.31. The van der Waals surface area contributed by atoms with Gasteiger partial charge in [0.1, 0.15) is 22.9 Å². The van der Waals surface area contributed by atoms with E-state index in [1.54, 1.807) is 13.8 Å². The third kappa shape index (κ3) is 6.81. The Hall–Kier alpha value is -3.34. The number of carbonyl (C=O) groups is 2. The molecule has 4 N–H and O–H groups in total. The highest BCUT2D eigenvalue weighted by molar-refractivity contribution is 6.09. The largest absolute Gasteiger partial charge is 0.460 e. The second kappa shape index (κ2) is 11.0. The zero-order valence-corrected chi connectivity index (χ0v) is 22.1. The van der Waals surface area contributed by atoms with Gasteiger partial charge in [-0.15, -0.1) is 0 Å². The van der Waals surface area contributed by atoms with Crippen LogP contribution in [0.2, 0.25) is 0 Å². The van der Waals surface area contributed by atoms with Crippen molar-refractivity contribution in [3.8, 4) is 5.75 Å². The molecule has 0 bridgehead atoms. The maximum Gasteiger partial charge on any atom is 0.416 e. The van der Waals surface area contributed by atoms with Crippen LogP contribution in [-0.2, 0) is 15.8 Å². The summed E-state index contributed by atoms with van der Waals surface area (Å²) in [6.45, 7) is 3.47. The van der Waals surface area contributed by atoms with Crippen LogP contribution in [0.5, 0.6) is 5.75 Å². The molecule has 2 fully saturated rings. The van der Waals surface area contributed by atoms with E-state index in [1.807, 2.05) is 0 Å². The minimum absolute atomic E-state index is 0.0469. The van der Waals surface area contributed by atoms with Crippen molar-refractivity contribution in [2.45, 2.75) is 69.7 Å². The van der Waals surface area contributed by atoms with E-state index >= 15 is 0 Å². The molecule has 0 saturated heterocycles. The normalized spacial score (nSPS) is 24.1. The Morgan fingerprint density at radius 3 is 2.64 bits per heavy atom. The second-order valence-electron chi connectivity index (χ2n) is 11.2. The topological polar surface area (TPSA) is 115 Å². The van der Waals surface area contributed by atoms with Gasteiger partial charge in [0.15, 0.2) is 0 Å². The summed E-state index contributed by atoms with van der Waals surface area (Å²) in [7, 11) is 0. The number of hydrogen-bond acceptors (Lipinski definition) is 6. The highest BCUT2D eigenvalue weighted by atomic mass is 19.4. The van der Waals surface area contributed by atoms with Gasteiger partial charge in [-0.3, -0.25) is 15.0 Å². The standard InChI is InChI=1S/C28H35F3N4O4/c1-26(2,38)17-33-12-11-23(32)34-25(37)27(15-22(27)18-7-4-3-5-8-18)35-16-21(14-24(35)36)39-20-10-6-9-19(13-20)28(29,30)31/h6,9-14,18,22,33,38H,3-5,7-8,15-17H2,1-2H3,(H2,32,34,37)/b12-11-. The molecule has 1 aromatic carbocycles. The molecule has 1 heterocycles. The molecule has 1 aliphatic heterocycles. The molecule has 2 unspecified atom stereocenters. The first-order valence-electron chi connectivity index (χ1n) is 13.2. The summed E-state index contributed by atoms with van der Waals surface area (Å²) in [6, 6.07) is 4.43. The van der Waals surface area contributed by atoms with E-state index in [-0.39, 0.29) is 42.3 Å². The second-order valence-corrected chi connectivity index (χ2v) is 11.2. The molecule has 4 rings (SSSR count). The molecule has 2 atom stereocenters. The number of carbonyl (C=O) groups excluding carboxylic acids is 2. The van der Waals surface area contributed by atoms with Crippen molar-refractivity contribution in [1.29, 1.82) is 5.41 Å². The van der Waals surface area contributed by atoms with E-state index < -0.39 is 34.7 Å². The summed E-state index contributed by atoms with van der Waals surface area (Å²) in [5, 5.41) is 23.5. The first kappa shape index (κ1) is 28.7. The summed E-state index contributed by atoms with van der Waals surface area (Å²) >= 11 is 0. The summed E-state index contributed by atoms with van der Waals surface area (Å²) in [5.41, 5.74) is -2.96. The molecule has 11 heteroatoms. The average Bonchev–Trinajstić information content (AvgIpc) is 3.51. The van der Waals surface area contributed by atoms with Gasteiger partial charge in [-0.25, -0.2) is 0 Å². The van der Waals surface area contributed by atoms with Crippen molar-refractivity contribution >= 4 is 17.6 Å². The summed E-state index contributed by atoms with van der Waals surface area (Å²) < 4.78 is 45.0. The summed E-state index contributed by atoms with van der Waals surface area (Å²) in [6.07, 6.45) is 5.13. The Labute approximate surface area is 225 Å². The lowest BCUT2D eigenvalue weighted by molar-refractivity contribution is -0.137. The third-order valence-corrected chi connectivity index (χ3v) is 7.50. The average molecular weight is 549 g/mol. The van der Waals surface area contributed by atoms with Gasteiger partial charge in [0.05, 0.1) is 17.7 Å². The number of rotatable bonds is 9. The van der Waals surface area contributed by atoms with Crippen molar-refractivity contribution < 1.29 is 32.6 Å². The zero-order valence-electron chi connectivity index (χ0n) is 22.1. The molecule has 1 aromatic rings. The smallest absolute Gasteiger partial charge is 0.416 e. The molecule has 39 heavy (non-hydrogen) atoms. The van der Waals surface area contributed by atoms with Gasteiger partial charge in [-0.05, 0) is 56.4 Å². The molecule has 2 saturated carbocycles. The van der Waals surface area contributed by atoms with Crippen LogP contribution < -0.4 is 15.4 Å². The van der Waals surface area contributed by atoms with Crippen LogP contribution in [-0.4, -0.2) is 51.9 Å². The fourth-order valence-electron chi connectivity index (χ4n) is 5.57. The molecule has 2 aliphatic carbocycles. The predicted octanol–water partition coefficient (Wildman–Crippen LogP) is 4.12. The maximum absolute atomic E-state index is 13.6. The van der Waals surface area contributed by atoms with Crippen LogP contribution in [0.4, 0.5) is 13.2 Å². The molecule has 3 aliphatic rings. The zero-order chi connectivity index (χ0) is 28.4. The number of aliphatic hydroxyl groups is 1. The highest BCUT2D eigenvalue weighted by Crippen LogP contribution is 2.57. The van der Waals surface area contributed by atoms with Crippen molar-refractivity contribution in [2.24, 2.45) is 11.8 Å². The molecule has 212 valence electrons. The summed E-state index contributed by atoms with van der Waals surface area (Å²) in [5.74, 6) is -0.772. The van der Waals surface area contributed by atoms with Gasteiger partial charge in [0, 0.05) is 18.8 Å². The minimum Gasteiger partial charge on any atom is -0.460 e. The summed E-state index contributed by atoms with van der Waals surface area (Å²) in [4.78, 5) is 28.2. The Balaban J connectivity index is 1.48. The number of alkyl halides is 3. The number of nitrogens with zero attached hydrogens (tertiary/aromatic N) is 1. The quantitative estimate of drug-likeness (QED) is 0.274. The Bertz CT molecular complexity index is 1170. The SMILES string of the molecule is CC(C)(O)CN/C=C\C(=N)NC(=O)C1(N2CC(Oc3cccc(C(F)(F)F)c3)=CC2=O)CC1C1CCCCC1. The van der Waals surface area contributed by atoms with Crippen LogP contribution in [0.15, 0.2) is 48.4 Å². The van der Waals surface area contributed by atoms with Crippen LogP contribution in [0.1, 0.15) is 57.9 Å². The van der Waals surface area contributed by atoms with E-state index in [2.05, 4.69) is 10.6 Å². The molecule has 8 nitrogen and oxygen atoms in total. The number of ether oxygens (including phenoxy) is 1. The van der Waals surface area contributed by atoms with Crippen molar-refractivity contribution in [1.82, 2.24) is 15.5 Å². The molecule has 0 radical (unpaired) electrons. The van der Waals surface area contributed by atoms with Crippen molar-refractivity contribution in [2.75, 3.05) is 13.1 Å². The Morgan fingerprint density at radius 2 is 1.97 bits per heavy atom. The van der Waals surface area contributed by atoms with Gasteiger partial charge >= 0.3 is 6.18 Å². The molecule has 2 amide bonds. The molecule has 0 aromatic heterocycles.